The third kappa shape index (κ3) is 4.81. The molecular weight excluding hydrogens is 314 g/mol. The number of nitrogens with zero attached hydrogens (tertiary/aromatic N) is 4. The van der Waals surface area contributed by atoms with E-state index in [2.05, 4.69) is 22.3 Å². The van der Waals surface area contributed by atoms with E-state index < -0.39 is 0 Å². The number of aryl methyl sites for hydroxylation is 1. The predicted octanol–water partition coefficient (Wildman–Crippen LogP) is 3.34. The minimum Gasteiger partial charge on any atom is -0.334 e. The van der Waals surface area contributed by atoms with Gasteiger partial charge in [0.05, 0.1) is 6.20 Å². The van der Waals surface area contributed by atoms with Gasteiger partial charge in [-0.2, -0.15) is 5.10 Å². The standard InChI is InChI=1S/C19H27N5O/c1-2-23-14-17(13-22-23)12-21-19(25)24(18-6-4-3-5-7-18)15-16-8-10-20-11-9-16/h8-11,13-14,18H,2-7,12,15H2,1H3,(H,21,25). The minimum absolute atomic E-state index is 0.00737. The Hall–Kier alpha value is -2.37. The third-order valence-electron chi connectivity index (χ3n) is 4.83. The molecule has 6 heteroatoms. The summed E-state index contributed by atoms with van der Waals surface area (Å²) in [5.74, 6) is 0. The van der Waals surface area contributed by atoms with Gasteiger partial charge in [-0.15, -0.1) is 0 Å². The van der Waals surface area contributed by atoms with E-state index in [0.717, 1.165) is 30.5 Å². The summed E-state index contributed by atoms with van der Waals surface area (Å²) >= 11 is 0. The summed E-state index contributed by atoms with van der Waals surface area (Å²) in [6, 6.07) is 4.29. The Kier molecular flexibility index (Phi) is 6.04. The predicted molar refractivity (Wildman–Crippen MR) is 96.8 cm³/mol. The maximum Gasteiger partial charge on any atom is 0.318 e. The molecule has 0 saturated heterocycles. The molecule has 0 unspecified atom stereocenters. The molecule has 0 bridgehead atoms. The minimum atomic E-state index is 0.00737. The molecule has 134 valence electrons. The molecule has 0 atom stereocenters. The van der Waals surface area contributed by atoms with Crippen molar-refractivity contribution in [2.45, 2.75) is 64.7 Å². The summed E-state index contributed by atoms with van der Waals surface area (Å²) in [5, 5.41) is 7.33. The van der Waals surface area contributed by atoms with Crippen LogP contribution in [-0.2, 0) is 19.6 Å². The van der Waals surface area contributed by atoms with E-state index in [9.17, 15) is 4.79 Å². The van der Waals surface area contributed by atoms with E-state index in [1.807, 2.05) is 34.1 Å². The van der Waals surface area contributed by atoms with Crippen molar-refractivity contribution in [1.29, 1.82) is 0 Å². The van der Waals surface area contributed by atoms with Gasteiger partial charge in [0.1, 0.15) is 0 Å². The Bertz CT molecular complexity index is 663. The first-order chi connectivity index (χ1) is 12.3. The maximum atomic E-state index is 12.9. The van der Waals surface area contributed by atoms with Gasteiger partial charge < -0.3 is 10.2 Å². The molecule has 25 heavy (non-hydrogen) atoms. The molecule has 1 N–H and O–H groups in total. The Labute approximate surface area is 149 Å². The number of carbonyl (C=O) groups is 1. The molecule has 2 aromatic rings. The summed E-state index contributed by atoms with van der Waals surface area (Å²) in [4.78, 5) is 18.9. The fourth-order valence-corrected chi connectivity index (χ4v) is 3.39. The second-order valence-corrected chi connectivity index (χ2v) is 6.64. The molecule has 1 fully saturated rings. The highest BCUT2D eigenvalue weighted by atomic mass is 16.2. The van der Waals surface area contributed by atoms with Crippen molar-refractivity contribution >= 4 is 6.03 Å². The molecule has 2 amide bonds. The number of aromatic nitrogens is 3. The van der Waals surface area contributed by atoms with Crippen LogP contribution < -0.4 is 5.32 Å². The van der Waals surface area contributed by atoms with E-state index >= 15 is 0 Å². The maximum absolute atomic E-state index is 12.9. The summed E-state index contributed by atoms with van der Waals surface area (Å²) in [6.45, 7) is 4.03. The van der Waals surface area contributed by atoms with Crippen LogP contribution in [0.15, 0.2) is 36.9 Å². The van der Waals surface area contributed by atoms with Crippen LogP contribution in [0.1, 0.15) is 50.2 Å². The summed E-state index contributed by atoms with van der Waals surface area (Å²) in [5.41, 5.74) is 2.15. The molecule has 2 heterocycles. The van der Waals surface area contributed by atoms with Gasteiger partial charge in [0.2, 0.25) is 0 Å². The largest absolute Gasteiger partial charge is 0.334 e. The van der Waals surface area contributed by atoms with Crippen molar-refractivity contribution in [2.75, 3.05) is 0 Å². The number of urea groups is 1. The zero-order chi connectivity index (χ0) is 17.5. The van der Waals surface area contributed by atoms with Gasteiger partial charge in [-0.05, 0) is 37.5 Å². The number of rotatable bonds is 6. The molecule has 0 radical (unpaired) electrons. The van der Waals surface area contributed by atoms with Crippen LogP contribution in [0.5, 0.6) is 0 Å². The van der Waals surface area contributed by atoms with Crippen LogP contribution in [-0.4, -0.2) is 31.7 Å². The average Bonchev–Trinajstić information content (AvgIpc) is 3.14. The zero-order valence-corrected chi connectivity index (χ0v) is 14.9. The molecule has 1 saturated carbocycles. The molecule has 0 spiro atoms. The monoisotopic (exact) mass is 341 g/mol. The van der Waals surface area contributed by atoms with Crippen molar-refractivity contribution in [3.63, 3.8) is 0 Å². The van der Waals surface area contributed by atoms with E-state index in [1.165, 1.54) is 19.3 Å². The topological polar surface area (TPSA) is 63.1 Å². The van der Waals surface area contributed by atoms with Crippen LogP contribution in [0.3, 0.4) is 0 Å². The highest BCUT2D eigenvalue weighted by molar-refractivity contribution is 5.74. The third-order valence-corrected chi connectivity index (χ3v) is 4.83. The van der Waals surface area contributed by atoms with Gasteiger partial charge in [-0.3, -0.25) is 9.67 Å². The van der Waals surface area contributed by atoms with Crippen LogP contribution in [0.25, 0.3) is 0 Å². The second kappa shape index (κ2) is 8.65. The van der Waals surface area contributed by atoms with Crippen molar-refractivity contribution in [1.82, 2.24) is 25.0 Å². The van der Waals surface area contributed by atoms with Crippen LogP contribution >= 0.6 is 0 Å². The molecule has 0 aliphatic heterocycles. The smallest absolute Gasteiger partial charge is 0.318 e. The lowest BCUT2D eigenvalue weighted by Crippen LogP contribution is -2.46. The first kappa shape index (κ1) is 17.5. The SMILES string of the molecule is CCn1cc(CNC(=O)N(Cc2ccncc2)C2CCCCC2)cn1. The van der Waals surface area contributed by atoms with Crippen molar-refractivity contribution < 1.29 is 4.79 Å². The van der Waals surface area contributed by atoms with Gasteiger partial charge in [-0.25, -0.2) is 4.79 Å². The number of hydrogen-bond donors (Lipinski definition) is 1. The molecule has 1 aliphatic carbocycles. The van der Waals surface area contributed by atoms with E-state index in [0.29, 0.717) is 19.1 Å². The zero-order valence-electron chi connectivity index (χ0n) is 14.9. The molecule has 2 aromatic heterocycles. The lowest BCUT2D eigenvalue weighted by molar-refractivity contribution is 0.150. The van der Waals surface area contributed by atoms with E-state index in [1.54, 1.807) is 12.4 Å². The molecule has 3 rings (SSSR count). The van der Waals surface area contributed by atoms with E-state index in [-0.39, 0.29) is 6.03 Å². The van der Waals surface area contributed by atoms with Crippen LogP contribution in [0, 0.1) is 0 Å². The van der Waals surface area contributed by atoms with Crippen molar-refractivity contribution in [2.24, 2.45) is 0 Å². The Morgan fingerprint density at radius 3 is 2.68 bits per heavy atom. The highest BCUT2D eigenvalue weighted by Gasteiger charge is 2.25. The average molecular weight is 341 g/mol. The fraction of sp³-hybridized carbons (Fsp3) is 0.526. The van der Waals surface area contributed by atoms with Crippen LogP contribution in [0.2, 0.25) is 0 Å². The number of amides is 2. The van der Waals surface area contributed by atoms with Gasteiger partial charge in [0.25, 0.3) is 0 Å². The van der Waals surface area contributed by atoms with Gasteiger partial charge in [-0.1, -0.05) is 19.3 Å². The Morgan fingerprint density at radius 2 is 2.00 bits per heavy atom. The molecule has 1 aliphatic rings. The summed E-state index contributed by atoms with van der Waals surface area (Å²) < 4.78 is 1.87. The van der Waals surface area contributed by atoms with Gasteiger partial charge in [0, 0.05) is 49.8 Å². The van der Waals surface area contributed by atoms with Gasteiger partial charge in [0.15, 0.2) is 0 Å². The lowest BCUT2D eigenvalue weighted by Gasteiger charge is -2.34. The van der Waals surface area contributed by atoms with Crippen molar-refractivity contribution in [3.05, 3.63) is 48.0 Å². The molecule has 0 aromatic carbocycles. The highest BCUT2D eigenvalue weighted by Crippen LogP contribution is 2.24. The lowest BCUT2D eigenvalue weighted by atomic mass is 9.94. The van der Waals surface area contributed by atoms with E-state index in [4.69, 9.17) is 0 Å². The molecular formula is C19H27N5O. The summed E-state index contributed by atoms with van der Waals surface area (Å²) in [6.07, 6.45) is 13.2. The number of carbonyl (C=O) groups excluding carboxylic acids is 1. The number of nitrogens with one attached hydrogen (secondary N) is 1. The Balaban J connectivity index is 1.65. The van der Waals surface area contributed by atoms with Gasteiger partial charge >= 0.3 is 6.03 Å². The first-order valence-electron chi connectivity index (χ1n) is 9.21. The van der Waals surface area contributed by atoms with Crippen molar-refractivity contribution in [3.8, 4) is 0 Å². The summed E-state index contributed by atoms with van der Waals surface area (Å²) in [7, 11) is 0. The second-order valence-electron chi connectivity index (χ2n) is 6.64. The fourth-order valence-electron chi connectivity index (χ4n) is 3.39. The normalized spacial score (nSPS) is 15.1. The molecule has 6 nitrogen and oxygen atoms in total. The van der Waals surface area contributed by atoms with Crippen LogP contribution in [0.4, 0.5) is 4.79 Å². The quantitative estimate of drug-likeness (QED) is 0.876. The Morgan fingerprint density at radius 1 is 1.24 bits per heavy atom. The first-order valence-corrected chi connectivity index (χ1v) is 9.21. The number of hydrogen-bond acceptors (Lipinski definition) is 3. The number of pyridine rings is 1.